The molecule has 1 amide bonds. The maximum Gasteiger partial charge on any atom is 0.227 e. The van der Waals surface area contributed by atoms with Crippen molar-refractivity contribution in [2.45, 2.75) is 5.03 Å². The van der Waals surface area contributed by atoms with E-state index in [9.17, 15) is 4.79 Å². The van der Waals surface area contributed by atoms with Crippen molar-refractivity contribution in [1.82, 2.24) is 20.2 Å². The number of hydrogen-bond donors (Lipinski definition) is 3. The summed E-state index contributed by atoms with van der Waals surface area (Å²) >= 11 is 6.24. The molecule has 6 nitrogen and oxygen atoms in total. The average Bonchev–Trinajstić information content (AvgIpc) is 2.66. The van der Waals surface area contributed by atoms with Crippen LogP contribution in [0.5, 0.6) is 0 Å². The lowest BCUT2D eigenvalue weighted by Gasteiger charge is -1.98. The first-order chi connectivity index (χ1) is 7.18. The van der Waals surface area contributed by atoms with E-state index in [1.807, 2.05) is 0 Å². The van der Waals surface area contributed by atoms with Crippen LogP contribution in [0.15, 0.2) is 11.4 Å². The third-order valence-electron chi connectivity index (χ3n) is 1.68. The van der Waals surface area contributed by atoms with E-state index in [1.54, 1.807) is 0 Å². The fraction of sp³-hybridized carbons (Fsp3) is 0.143. The molecule has 2 heterocycles. The van der Waals surface area contributed by atoms with E-state index in [0.717, 1.165) is 5.52 Å². The van der Waals surface area contributed by atoms with E-state index >= 15 is 0 Å². The molecule has 0 spiro atoms. The van der Waals surface area contributed by atoms with Gasteiger partial charge in [0, 0.05) is 0 Å². The van der Waals surface area contributed by atoms with E-state index in [2.05, 4.69) is 20.2 Å². The van der Waals surface area contributed by atoms with Crippen LogP contribution in [0.3, 0.4) is 0 Å². The molecular formula is C7H7N5OS2. The van der Waals surface area contributed by atoms with Crippen LogP contribution in [0.25, 0.3) is 11.0 Å². The number of amides is 1. The van der Waals surface area contributed by atoms with Crippen molar-refractivity contribution >= 4 is 40.9 Å². The van der Waals surface area contributed by atoms with Crippen LogP contribution in [-0.2, 0) is 4.79 Å². The van der Waals surface area contributed by atoms with Crippen LogP contribution in [0.2, 0.25) is 0 Å². The Hall–Kier alpha value is -1.41. The lowest BCUT2D eigenvalue weighted by atomic mass is 10.5. The number of rotatable bonds is 3. The first kappa shape index (κ1) is 10.1. The van der Waals surface area contributed by atoms with Crippen LogP contribution in [0.1, 0.15) is 0 Å². The summed E-state index contributed by atoms with van der Waals surface area (Å²) in [5, 5.41) is 7.30. The summed E-state index contributed by atoms with van der Waals surface area (Å²) in [6, 6.07) is 0. The van der Waals surface area contributed by atoms with Crippen LogP contribution in [0, 0.1) is 4.64 Å². The van der Waals surface area contributed by atoms with Gasteiger partial charge in [-0.3, -0.25) is 9.89 Å². The number of H-pyrrole nitrogens is 2. The number of carbonyl (C=O) groups is 1. The second-order valence-corrected chi connectivity index (χ2v) is 4.11. The van der Waals surface area contributed by atoms with Gasteiger partial charge in [-0.05, 0) is 0 Å². The molecule has 15 heavy (non-hydrogen) atoms. The highest BCUT2D eigenvalue weighted by molar-refractivity contribution is 8.00. The van der Waals surface area contributed by atoms with E-state index in [-0.39, 0.29) is 5.75 Å². The minimum absolute atomic E-state index is 0.172. The molecule has 0 atom stereocenters. The highest BCUT2D eigenvalue weighted by Crippen LogP contribution is 2.22. The fourth-order valence-corrected chi connectivity index (χ4v) is 1.97. The van der Waals surface area contributed by atoms with Gasteiger partial charge in [0.2, 0.25) is 5.91 Å². The van der Waals surface area contributed by atoms with E-state index < -0.39 is 5.91 Å². The van der Waals surface area contributed by atoms with E-state index in [0.29, 0.717) is 15.2 Å². The van der Waals surface area contributed by atoms with Gasteiger partial charge in [-0.2, -0.15) is 5.10 Å². The number of primary amides is 1. The standard InChI is InChI=1S/C7H7N5OS2/c8-3(13)1-15-7-5-4(9-2-10-5)6(14)11-12-7/h2H,1H2,(H2,8,13)(H,9,10)(H,11,14). The smallest absolute Gasteiger partial charge is 0.227 e. The van der Waals surface area contributed by atoms with Crippen molar-refractivity contribution in [3.8, 4) is 0 Å². The third kappa shape index (κ3) is 2.00. The zero-order chi connectivity index (χ0) is 10.8. The molecule has 2 rings (SSSR count). The minimum Gasteiger partial charge on any atom is -0.369 e. The summed E-state index contributed by atoms with van der Waals surface area (Å²) in [6.45, 7) is 0. The molecule has 0 radical (unpaired) electrons. The Labute approximate surface area is 93.7 Å². The summed E-state index contributed by atoms with van der Waals surface area (Å²) in [6.07, 6.45) is 1.53. The van der Waals surface area contributed by atoms with Crippen molar-refractivity contribution < 1.29 is 4.79 Å². The molecule has 0 aliphatic heterocycles. The van der Waals surface area contributed by atoms with Crippen LogP contribution < -0.4 is 5.73 Å². The van der Waals surface area contributed by atoms with Gasteiger partial charge in [-0.1, -0.05) is 24.0 Å². The SMILES string of the molecule is NC(=O)CSc1n[nH]c(=S)c2nc[nH]c12. The topological polar surface area (TPSA) is 100 Å². The van der Waals surface area contributed by atoms with Gasteiger partial charge in [-0.15, -0.1) is 0 Å². The van der Waals surface area contributed by atoms with Gasteiger partial charge in [-0.25, -0.2) is 4.98 Å². The second-order valence-electron chi connectivity index (χ2n) is 2.74. The van der Waals surface area contributed by atoms with Gasteiger partial charge >= 0.3 is 0 Å². The third-order valence-corrected chi connectivity index (χ3v) is 2.96. The number of nitrogens with two attached hydrogens (primary N) is 1. The number of thioether (sulfide) groups is 1. The number of aromatic nitrogens is 4. The molecular weight excluding hydrogens is 234 g/mol. The maximum absolute atomic E-state index is 10.6. The molecule has 0 aliphatic rings. The summed E-state index contributed by atoms with van der Waals surface area (Å²) in [5.41, 5.74) is 6.42. The summed E-state index contributed by atoms with van der Waals surface area (Å²) in [7, 11) is 0. The Kier molecular flexibility index (Phi) is 2.69. The second kappa shape index (κ2) is 3.99. The van der Waals surface area contributed by atoms with Gasteiger partial charge in [0.05, 0.1) is 12.1 Å². The molecule has 0 saturated carbocycles. The highest BCUT2D eigenvalue weighted by Gasteiger charge is 2.08. The normalized spacial score (nSPS) is 10.7. The van der Waals surface area contributed by atoms with E-state index in [1.165, 1.54) is 18.1 Å². The lowest BCUT2D eigenvalue weighted by molar-refractivity contribution is -0.115. The van der Waals surface area contributed by atoms with Gasteiger partial charge in [0.25, 0.3) is 0 Å². The predicted molar refractivity (Wildman–Crippen MR) is 59.0 cm³/mol. The van der Waals surface area contributed by atoms with Crippen molar-refractivity contribution in [3.63, 3.8) is 0 Å². The Morgan fingerprint density at radius 2 is 2.47 bits per heavy atom. The van der Waals surface area contributed by atoms with Crippen LogP contribution >= 0.6 is 24.0 Å². The zero-order valence-electron chi connectivity index (χ0n) is 7.48. The fourth-order valence-electron chi connectivity index (χ4n) is 1.08. The number of nitrogens with zero attached hydrogens (tertiary/aromatic N) is 2. The van der Waals surface area contributed by atoms with Gasteiger partial charge < -0.3 is 10.7 Å². The number of carbonyl (C=O) groups excluding carboxylic acids is 1. The quantitative estimate of drug-likeness (QED) is 0.539. The monoisotopic (exact) mass is 241 g/mol. The number of fused-ring (bicyclic) bond motifs is 1. The maximum atomic E-state index is 10.6. The Balaban J connectivity index is 2.43. The lowest BCUT2D eigenvalue weighted by Crippen LogP contribution is -2.13. The molecule has 8 heteroatoms. The van der Waals surface area contributed by atoms with Crippen molar-refractivity contribution in [3.05, 3.63) is 11.0 Å². The number of aromatic amines is 2. The minimum atomic E-state index is -0.392. The Bertz CT molecular complexity index is 560. The van der Waals surface area contributed by atoms with Crippen molar-refractivity contribution in [2.75, 3.05) is 5.75 Å². The highest BCUT2D eigenvalue weighted by atomic mass is 32.2. The van der Waals surface area contributed by atoms with Gasteiger partial charge in [0.1, 0.15) is 20.7 Å². The Morgan fingerprint density at radius 3 is 3.20 bits per heavy atom. The van der Waals surface area contributed by atoms with Crippen molar-refractivity contribution in [2.24, 2.45) is 5.73 Å². The predicted octanol–water partition coefficient (Wildman–Crippen LogP) is 0.593. The molecule has 0 aromatic carbocycles. The average molecular weight is 241 g/mol. The van der Waals surface area contributed by atoms with Crippen LogP contribution in [-0.4, -0.2) is 31.8 Å². The van der Waals surface area contributed by atoms with Crippen molar-refractivity contribution in [1.29, 1.82) is 0 Å². The Morgan fingerprint density at radius 1 is 1.67 bits per heavy atom. The molecule has 0 bridgehead atoms. The summed E-state index contributed by atoms with van der Waals surface area (Å²) < 4.78 is 0.467. The van der Waals surface area contributed by atoms with Gasteiger partial charge in [0.15, 0.2) is 0 Å². The molecule has 0 saturated heterocycles. The molecule has 0 aliphatic carbocycles. The largest absolute Gasteiger partial charge is 0.369 e. The summed E-state index contributed by atoms with van der Waals surface area (Å²) in [5.74, 6) is -0.219. The number of imidazole rings is 1. The molecule has 0 unspecified atom stereocenters. The molecule has 0 fully saturated rings. The van der Waals surface area contributed by atoms with Crippen LogP contribution in [0.4, 0.5) is 0 Å². The first-order valence-corrected chi connectivity index (χ1v) is 5.40. The molecule has 2 aromatic rings. The first-order valence-electron chi connectivity index (χ1n) is 4.01. The number of nitrogens with one attached hydrogen (secondary N) is 2. The number of hydrogen-bond acceptors (Lipinski definition) is 5. The van der Waals surface area contributed by atoms with E-state index in [4.69, 9.17) is 18.0 Å². The molecule has 4 N–H and O–H groups in total. The summed E-state index contributed by atoms with van der Waals surface area (Å²) in [4.78, 5) is 17.6. The molecule has 2 aromatic heterocycles. The zero-order valence-corrected chi connectivity index (χ0v) is 9.11. The molecule has 78 valence electrons.